The molecular weight excluding hydrogens is 252 g/mol. The van der Waals surface area contributed by atoms with E-state index in [1.165, 1.54) is 9.13 Å². The van der Waals surface area contributed by atoms with E-state index in [2.05, 4.69) is 13.8 Å². The Hall–Kier alpha value is -2.10. The highest BCUT2D eigenvalue weighted by atomic mass is 16.2. The minimum Gasteiger partial charge on any atom is -0.309 e. The van der Waals surface area contributed by atoms with Gasteiger partial charge in [0.1, 0.15) is 0 Å². The van der Waals surface area contributed by atoms with Gasteiger partial charge in [0.15, 0.2) is 0 Å². The minimum atomic E-state index is -0.500. The van der Waals surface area contributed by atoms with Crippen LogP contribution in [0.4, 0.5) is 0 Å². The fraction of sp³-hybridized carbons (Fsp3) is 0.375. The quantitative estimate of drug-likeness (QED) is 0.802. The van der Waals surface area contributed by atoms with E-state index in [0.717, 1.165) is 12.0 Å². The van der Waals surface area contributed by atoms with Crippen LogP contribution >= 0.6 is 0 Å². The summed E-state index contributed by atoms with van der Waals surface area (Å²) in [5.74, 6) is 0.501. The summed E-state index contributed by atoms with van der Waals surface area (Å²) < 4.78 is 2.89. The second-order valence-electron chi connectivity index (χ2n) is 5.49. The van der Waals surface area contributed by atoms with Crippen LogP contribution in [0.25, 0.3) is 5.69 Å². The predicted molar refractivity (Wildman–Crippen MR) is 80.5 cm³/mol. The molecule has 1 heterocycles. The van der Waals surface area contributed by atoms with Crippen LogP contribution < -0.4 is 11.1 Å². The molecule has 1 aromatic heterocycles. The molecule has 0 aliphatic carbocycles. The molecule has 0 unspecified atom stereocenters. The van der Waals surface area contributed by atoms with E-state index < -0.39 is 11.1 Å². The zero-order chi connectivity index (χ0) is 14.7. The largest absolute Gasteiger partial charge is 0.320 e. The molecular formula is C16H20N2O2. The lowest BCUT2D eigenvalue weighted by molar-refractivity contribution is 0.503. The summed E-state index contributed by atoms with van der Waals surface area (Å²) in [5, 5.41) is 0. The lowest BCUT2D eigenvalue weighted by Gasteiger charge is -2.10. The molecule has 2 aromatic rings. The molecule has 0 aliphatic heterocycles. The van der Waals surface area contributed by atoms with Crippen molar-refractivity contribution in [1.82, 2.24) is 9.13 Å². The van der Waals surface area contributed by atoms with Gasteiger partial charge in [0.05, 0.1) is 0 Å². The van der Waals surface area contributed by atoms with Gasteiger partial charge in [-0.15, -0.1) is 0 Å². The number of aryl methyl sites for hydroxylation is 2. The molecule has 0 amide bonds. The number of hydrogen-bond acceptors (Lipinski definition) is 2. The van der Waals surface area contributed by atoms with Gasteiger partial charge in [-0.3, -0.25) is 14.2 Å². The molecule has 106 valence electrons. The van der Waals surface area contributed by atoms with Crippen LogP contribution in [0.3, 0.4) is 0 Å². The summed E-state index contributed by atoms with van der Waals surface area (Å²) in [6.45, 7) is 6.76. The van der Waals surface area contributed by atoms with Gasteiger partial charge in [-0.25, -0.2) is 0 Å². The lowest BCUT2D eigenvalue weighted by atomic mass is 10.1. The average molecular weight is 272 g/mol. The summed E-state index contributed by atoms with van der Waals surface area (Å²) >= 11 is 0. The second-order valence-corrected chi connectivity index (χ2v) is 5.49. The Morgan fingerprint density at radius 1 is 1.00 bits per heavy atom. The van der Waals surface area contributed by atoms with Gasteiger partial charge in [0.25, 0.3) is 0 Å². The second kappa shape index (κ2) is 5.90. The van der Waals surface area contributed by atoms with Gasteiger partial charge in [-0.2, -0.15) is 0 Å². The van der Waals surface area contributed by atoms with Gasteiger partial charge < -0.3 is 4.57 Å². The molecule has 0 atom stereocenters. The van der Waals surface area contributed by atoms with Crippen molar-refractivity contribution in [3.63, 3.8) is 0 Å². The first-order valence-electron chi connectivity index (χ1n) is 6.88. The number of nitrogens with zero attached hydrogens (tertiary/aromatic N) is 2. The monoisotopic (exact) mass is 272 g/mol. The zero-order valence-electron chi connectivity index (χ0n) is 12.2. The normalized spacial score (nSPS) is 11.0. The number of hydrogen-bond donors (Lipinski definition) is 0. The summed E-state index contributed by atoms with van der Waals surface area (Å²) in [6.07, 6.45) is 4.23. The molecule has 20 heavy (non-hydrogen) atoms. The summed E-state index contributed by atoms with van der Waals surface area (Å²) in [5.41, 5.74) is 0.870. The van der Waals surface area contributed by atoms with Gasteiger partial charge in [-0.1, -0.05) is 31.5 Å². The lowest BCUT2D eigenvalue weighted by Crippen LogP contribution is -2.40. The third-order valence-electron chi connectivity index (χ3n) is 3.32. The molecule has 0 bridgehead atoms. The minimum absolute atomic E-state index is 0.464. The fourth-order valence-electron chi connectivity index (χ4n) is 1.99. The summed E-state index contributed by atoms with van der Waals surface area (Å²) in [4.78, 5) is 24.2. The molecule has 0 aliphatic rings. The average Bonchev–Trinajstić information content (AvgIpc) is 2.42. The standard InChI is InChI=1S/C16H20N2O2/c1-12(2)8-9-17-10-11-18(16(20)15(17)19)14-6-4-13(3)5-7-14/h4-7,10-12H,8-9H2,1-3H3. The molecule has 0 spiro atoms. The fourth-order valence-corrected chi connectivity index (χ4v) is 1.99. The van der Waals surface area contributed by atoms with E-state index in [4.69, 9.17) is 0 Å². The third-order valence-corrected chi connectivity index (χ3v) is 3.32. The third kappa shape index (κ3) is 3.07. The van der Waals surface area contributed by atoms with Crippen LogP contribution in [0.15, 0.2) is 46.2 Å². The van der Waals surface area contributed by atoms with Crippen LogP contribution in [-0.4, -0.2) is 9.13 Å². The molecule has 0 saturated heterocycles. The molecule has 1 aromatic carbocycles. The maximum atomic E-state index is 12.1. The first-order chi connectivity index (χ1) is 9.49. The van der Waals surface area contributed by atoms with Crippen molar-refractivity contribution in [2.75, 3.05) is 0 Å². The topological polar surface area (TPSA) is 44.0 Å². The van der Waals surface area contributed by atoms with E-state index in [-0.39, 0.29) is 0 Å². The van der Waals surface area contributed by atoms with Gasteiger partial charge in [0, 0.05) is 24.6 Å². The molecule has 0 radical (unpaired) electrons. The van der Waals surface area contributed by atoms with Crippen molar-refractivity contribution in [2.45, 2.75) is 33.7 Å². The first-order valence-corrected chi connectivity index (χ1v) is 6.88. The molecule has 4 heteroatoms. The Balaban J connectivity index is 2.38. The van der Waals surface area contributed by atoms with Crippen LogP contribution in [0.5, 0.6) is 0 Å². The van der Waals surface area contributed by atoms with E-state index in [1.54, 1.807) is 12.4 Å². The number of rotatable bonds is 4. The SMILES string of the molecule is Cc1ccc(-n2ccn(CCC(C)C)c(=O)c2=O)cc1. The Bertz CT molecular complexity index is 694. The number of benzene rings is 1. The van der Waals surface area contributed by atoms with Crippen molar-refractivity contribution in [2.24, 2.45) is 5.92 Å². The first kappa shape index (κ1) is 14.3. The highest BCUT2D eigenvalue weighted by Crippen LogP contribution is 2.06. The molecule has 0 N–H and O–H groups in total. The van der Waals surface area contributed by atoms with Crippen LogP contribution in [0, 0.1) is 12.8 Å². The Morgan fingerprint density at radius 3 is 2.25 bits per heavy atom. The number of aromatic nitrogens is 2. The van der Waals surface area contributed by atoms with Crippen LogP contribution in [0.1, 0.15) is 25.8 Å². The van der Waals surface area contributed by atoms with Crippen molar-refractivity contribution in [3.8, 4) is 5.69 Å². The zero-order valence-corrected chi connectivity index (χ0v) is 12.2. The molecule has 2 rings (SSSR count). The highest BCUT2D eigenvalue weighted by Gasteiger charge is 2.07. The van der Waals surface area contributed by atoms with Crippen molar-refractivity contribution in [3.05, 3.63) is 62.9 Å². The van der Waals surface area contributed by atoms with E-state index in [1.807, 2.05) is 31.2 Å². The molecule has 0 fully saturated rings. The van der Waals surface area contributed by atoms with Crippen molar-refractivity contribution >= 4 is 0 Å². The maximum absolute atomic E-state index is 12.1. The highest BCUT2D eigenvalue weighted by molar-refractivity contribution is 5.34. The molecule has 0 saturated carbocycles. The Labute approximate surface area is 118 Å². The van der Waals surface area contributed by atoms with Gasteiger partial charge >= 0.3 is 11.1 Å². The van der Waals surface area contributed by atoms with Crippen LogP contribution in [-0.2, 0) is 6.54 Å². The van der Waals surface area contributed by atoms with Gasteiger partial charge in [0.2, 0.25) is 0 Å². The molecule has 4 nitrogen and oxygen atoms in total. The summed E-state index contributed by atoms with van der Waals surface area (Å²) in [7, 11) is 0. The van der Waals surface area contributed by atoms with E-state index >= 15 is 0 Å². The van der Waals surface area contributed by atoms with Gasteiger partial charge in [-0.05, 0) is 31.4 Å². The van der Waals surface area contributed by atoms with E-state index in [0.29, 0.717) is 18.2 Å². The van der Waals surface area contributed by atoms with Crippen molar-refractivity contribution < 1.29 is 0 Å². The van der Waals surface area contributed by atoms with Crippen LogP contribution in [0.2, 0.25) is 0 Å². The smallest absolute Gasteiger partial charge is 0.309 e. The summed E-state index contributed by atoms with van der Waals surface area (Å²) in [6, 6.07) is 7.53. The van der Waals surface area contributed by atoms with Crippen molar-refractivity contribution in [1.29, 1.82) is 0 Å². The van der Waals surface area contributed by atoms with E-state index in [9.17, 15) is 9.59 Å². The Morgan fingerprint density at radius 2 is 1.65 bits per heavy atom. The predicted octanol–water partition coefficient (Wildman–Crippen LogP) is 2.35. The maximum Gasteiger partial charge on any atom is 0.320 e. The Kier molecular flexibility index (Phi) is 4.23.